The number of nitrogens with zero attached hydrogens (tertiary/aromatic N) is 2. The Kier molecular flexibility index (Phi) is 4.16. The molecule has 0 saturated heterocycles. The van der Waals surface area contributed by atoms with Crippen LogP contribution in [-0.4, -0.2) is 23.3 Å². The van der Waals surface area contributed by atoms with E-state index in [4.69, 9.17) is 0 Å². The summed E-state index contributed by atoms with van der Waals surface area (Å²) < 4.78 is 14.5. The molecule has 0 unspecified atom stereocenters. The average Bonchev–Trinajstić information content (AvgIpc) is 3.04. The Labute approximate surface area is 153 Å². The highest BCUT2D eigenvalue weighted by Crippen LogP contribution is 2.36. The molecule has 2 heterocycles. The van der Waals surface area contributed by atoms with Gasteiger partial charge in [-0.15, -0.1) is 0 Å². The van der Waals surface area contributed by atoms with E-state index in [0.29, 0.717) is 22.9 Å². The monoisotopic (exact) mass is 369 g/mol. The zero-order valence-corrected chi connectivity index (χ0v) is 14.8. The van der Waals surface area contributed by atoms with Gasteiger partial charge >= 0.3 is 0 Å². The summed E-state index contributed by atoms with van der Waals surface area (Å²) in [5.74, 6) is -1.59. The first-order chi connectivity index (χ1) is 12.6. The smallest absolute Gasteiger partial charge is 0.236 e. The molecule has 7 heteroatoms. The van der Waals surface area contributed by atoms with Gasteiger partial charge in [0.25, 0.3) is 0 Å². The minimum Gasteiger partial charge on any atom is -0.326 e. The van der Waals surface area contributed by atoms with Gasteiger partial charge in [-0.2, -0.15) is 0 Å². The van der Waals surface area contributed by atoms with Crippen molar-refractivity contribution in [3.8, 4) is 0 Å². The molecule has 2 aromatic carbocycles. The van der Waals surface area contributed by atoms with Crippen molar-refractivity contribution < 1.29 is 14.0 Å². The molecule has 0 fully saturated rings. The number of halogens is 1. The van der Waals surface area contributed by atoms with Crippen LogP contribution in [0.3, 0.4) is 0 Å². The zero-order chi connectivity index (χ0) is 18.3. The van der Waals surface area contributed by atoms with Crippen molar-refractivity contribution in [2.24, 2.45) is 0 Å². The van der Waals surface area contributed by atoms with Gasteiger partial charge in [-0.05, 0) is 36.8 Å². The number of nitrogens with one attached hydrogen (secondary N) is 1. The second kappa shape index (κ2) is 6.49. The van der Waals surface area contributed by atoms with Gasteiger partial charge in [-0.3, -0.25) is 14.5 Å². The summed E-state index contributed by atoms with van der Waals surface area (Å²) in [7, 11) is 0. The number of thiazole rings is 1. The topological polar surface area (TPSA) is 62.3 Å². The lowest BCUT2D eigenvalue weighted by atomic mass is 9.89. The summed E-state index contributed by atoms with van der Waals surface area (Å²) in [5, 5.41) is 3.25. The fraction of sp³-hybridized carbons (Fsp3) is 0.211. The molecule has 3 aromatic rings. The molecule has 1 aliphatic heterocycles. The number of hydrogen-bond donors (Lipinski definition) is 1. The molecule has 2 amide bonds. The highest BCUT2D eigenvalue weighted by Gasteiger charge is 2.34. The maximum Gasteiger partial charge on any atom is 0.236 e. The highest BCUT2D eigenvalue weighted by molar-refractivity contribution is 7.22. The number of para-hydroxylation sites is 1. The quantitative estimate of drug-likeness (QED) is 0.761. The molecule has 0 saturated carbocycles. The largest absolute Gasteiger partial charge is 0.326 e. The number of hydrogen-bond acceptors (Lipinski definition) is 4. The third kappa shape index (κ3) is 2.84. The highest BCUT2D eigenvalue weighted by atomic mass is 32.1. The van der Waals surface area contributed by atoms with E-state index in [1.54, 1.807) is 11.0 Å². The Hall–Kier alpha value is -2.80. The molecule has 5 nitrogen and oxygen atoms in total. The minimum absolute atomic E-state index is 0.0405. The molecule has 0 spiro atoms. The van der Waals surface area contributed by atoms with Gasteiger partial charge in [0.2, 0.25) is 11.8 Å². The van der Waals surface area contributed by atoms with Crippen LogP contribution in [0.5, 0.6) is 0 Å². The molecule has 26 heavy (non-hydrogen) atoms. The first kappa shape index (κ1) is 16.7. The van der Waals surface area contributed by atoms with Gasteiger partial charge in [-0.25, -0.2) is 9.37 Å². The number of likely N-dealkylation sites (N-methyl/N-ethyl adjacent to an activating group) is 1. The molecule has 1 N–H and O–H groups in total. The van der Waals surface area contributed by atoms with E-state index < -0.39 is 11.7 Å². The van der Waals surface area contributed by atoms with Crippen molar-refractivity contribution in [3.63, 3.8) is 0 Å². The first-order valence-corrected chi connectivity index (χ1v) is 9.14. The molecule has 0 aliphatic carbocycles. The van der Waals surface area contributed by atoms with Crippen molar-refractivity contribution in [2.45, 2.75) is 19.3 Å². The van der Waals surface area contributed by atoms with Crippen LogP contribution in [0.25, 0.3) is 10.2 Å². The summed E-state index contributed by atoms with van der Waals surface area (Å²) in [5.41, 5.74) is 1.83. The summed E-state index contributed by atoms with van der Waals surface area (Å²) in [4.78, 5) is 31.4. The van der Waals surface area contributed by atoms with Gasteiger partial charge in [0, 0.05) is 18.7 Å². The van der Waals surface area contributed by atoms with E-state index in [-0.39, 0.29) is 18.2 Å². The number of carbonyl (C=O) groups excluding carboxylic acids is 2. The lowest BCUT2D eigenvalue weighted by molar-refractivity contribution is -0.124. The molecular weight excluding hydrogens is 353 g/mol. The predicted molar refractivity (Wildman–Crippen MR) is 100 cm³/mol. The molecule has 0 bridgehead atoms. The summed E-state index contributed by atoms with van der Waals surface area (Å²) in [6.07, 6.45) is 0.0405. The van der Waals surface area contributed by atoms with Crippen molar-refractivity contribution >= 4 is 44.2 Å². The van der Waals surface area contributed by atoms with Crippen LogP contribution in [0.1, 0.15) is 24.8 Å². The van der Waals surface area contributed by atoms with Crippen LogP contribution in [0.2, 0.25) is 0 Å². The third-order valence-corrected chi connectivity index (χ3v) is 5.51. The van der Waals surface area contributed by atoms with E-state index in [0.717, 1.165) is 10.2 Å². The van der Waals surface area contributed by atoms with Crippen LogP contribution in [-0.2, 0) is 9.59 Å². The molecule has 1 atom stereocenters. The normalized spacial score (nSPS) is 16.2. The number of amides is 2. The van der Waals surface area contributed by atoms with Gasteiger partial charge < -0.3 is 5.32 Å². The Morgan fingerprint density at radius 1 is 1.35 bits per heavy atom. The molecule has 1 aliphatic rings. The van der Waals surface area contributed by atoms with E-state index in [2.05, 4.69) is 10.3 Å². The molecule has 1 aromatic heterocycles. The van der Waals surface area contributed by atoms with E-state index in [9.17, 15) is 14.0 Å². The van der Waals surface area contributed by atoms with Crippen LogP contribution in [0, 0.1) is 5.82 Å². The van der Waals surface area contributed by atoms with Gasteiger partial charge in [-0.1, -0.05) is 29.5 Å². The lowest BCUT2D eigenvalue weighted by Gasteiger charge is -2.28. The van der Waals surface area contributed by atoms with Gasteiger partial charge in [0.15, 0.2) is 5.13 Å². The average molecular weight is 369 g/mol. The van der Waals surface area contributed by atoms with E-state index >= 15 is 0 Å². The maximum absolute atomic E-state index is 13.5. The van der Waals surface area contributed by atoms with Gasteiger partial charge in [0.1, 0.15) is 5.82 Å². The number of anilines is 2. The minimum atomic E-state index is -0.647. The number of benzene rings is 2. The summed E-state index contributed by atoms with van der Waals surface area (Å²) in [6.45, 7) is 2.31. The number of fused-ring (bicyclic) bond motifs is 2. The fourth-order valence-electron chi connectivity index (χ4n) is 3.21. The van der Waals surface area contributed by atoms with Crippen molar-refractivity contribution in [3.05, 3.63) is 53.8 Å². The SMILES string of the molecule is CCN(C(=O)[C@H]1CC(=O)Nc2cc(F)ccc21)c1nc2ccccc2s1. The molecule has 132 valence electrons. The molecule has 4 rings (SSSR count). The number of rotatable bonds is 3. The van der Waals surface area contributed by atoms with Crippen LogP contribution >= 0.6 is 11.3 Å². The van der Waals surface area contributed by atoms with Crippen LogP contribution in [0.15, 0.2) is 42.5 Å². The summed E-state index contributed by atoms with van der Waals surface area (Å²) >= 11 is 1.44. The van der Waals surface area contributed by atoms with E-state index in [1.165, 1.54) is 23.5 Å². The Morgan fingerprint density at radius 2 is 2.15 bits per heavy atom. The predicted octanol–water partition coefficient (Wildman–Crippen LogP) is 3.91. The Bertz CT molecular complexity index is 984. The lowest BCUT2D eigenvalue weighted by Crippen LogP contribution is -2.38. The van der Waals surface area contributed by atoms with Crippen molar-refractivity contribution in [2.75, 3.05) is 16.8 Å². The molecular formula is C19H16FN3O2S. The number of carbonyl (C=O) groups is 2. The molecule has 0 radical (unpaired) electrons. The second-order valence-electron chi connectivity index (χ2n) is 6.08. The standard InChI is InChI=1S/C19H16FN3O2S/c1-2-23(19-22-14-5-3-4-6-16(14)26-19)18(25)13-10-17(24)21-15-9-11(20)7-8-12(13)15/h3-9,13H,2,10H2,1H3,(H,21,24)/t13-/m0/s1. The number of aromatic nitrogens is 1. The van der Waals surface area contributed by atoms with E-state index in [1.807, 2.05) is 31.2 Å². The van der Waals surface area contributed by atoms with Crippen LogP contribution < -0.4 is 10.2 Å². The second-order valence-corrected chi connectivity index (χ2v) is 7.09. The fourth-order valence-corrected chi connectivity index (χ4v) is 4.24. The maximum atomic E-state index is 13.5. The first-order valence-electron chi connectivity index (χ1n) is 8.33. The Morgan fingerprint density at radius 3 is 2.92 bits per heavy atom. The van der Waals surface area contributed by atoms with Crippen molar-refractivity contribution in [1.29, 1.82) is 0 Å². The third-order valence-electron chi connectivity index (χ3n) is 4.45. The van der Waals surface area contributed by atoms with Gasteiger partial charge in [0.05, 0.1) is 16.1 Å². The zero-order valence-electron chi connectivity index (χ0n) is 14.0. The van der Waals surface area contributed by atoms with Crippen molar-refractivity contribution in [1.82, 2.24) is 4.98 Å². The van der Waals surface area contributed by atoms with Crippen LogP contribution in [0.4, 0.5) is 15.2 Å². The summed E-state index contributed by atoms with van der Waals surface area (Å²) in [6, 6.07) is 11.8. The Balaban J connectivity index is 1.72.